The topological polar surface area (TPSA) is 49.9 Å². The minimum absolute atomic E-state index is 0.104. The highest BCUT2D eigenvalue weighted by molar-refractivity contribution is 6.03. The van der Waals surface area contributed by atoms with Crippen molar-refractivity contribution in [2.75, 3.05) is 21.2 Å². The first-order valence-corrected chi connectivity index (χ1v) is 6.72. The Morgan fingerprint density at radius 1 is 1.15 bits per heavy atom. The van der Waals surface area contributed by atoms with Gasteiger partial charge in [-0.25, -0.2) is 4.79 Å². The molecule has 3 amide bonds. The van der Waals surface area contributed by atoms with E-state index in [2.05, 4.69) is 0 Å². The minimum atomic E-state index is -0.314. The van der Waals surface area contributed by atoms with Crippen LogP contribution in [0.4, 0.5) is 4.79 Å². The van der Waals surface area contributed by atoms with Crippen molar-refractivity contribution in [1.29, 1.82) is 0 Å². The van der Waals surface area contributed by atoms with Crippen LogP contribution < -0.4 is 4.74 Å². The number of ether oxygens (including phenoxy) is 1. The Kier molecular flexibility index (Phi) is 4.27. The normalized spacial score (nSPS) is 18.9. The molecular formula is C15H20N2O3. The van der Waals surface area contributed by atoms with Crippen LogP contribution in [0.1, 0.15) is 18.4 Å². The van der Waals surface area contributed by atoms with Gasteiger partial charge in [-0.3, -0.25) is 9.69 Å². The van der Waals surface area contributed by atoms with Crippen LogP contribution in [-0.4, -0.2) is 49.0 Å². The number of urea groups is 1. The third-order valence-corrected chi connectivity index (χ3v) is 3.77. The van der Waals surface area contributed by atoms with Gasteiger partial charge in [-0.2, -0.15) is 0 Å². The Labute approximate surface area is 119 Å². The minimum Gasteiger partial charge on any atom is -0.497 e. The molecule has 1 unspecified atom stereocenters. The van der Waals surface area contributed by atoms with Crippen LogP contribution in [0.5, 0.6) is 5.75 Å². The van der Waals surface area contributed by atoms with E-state index in [4.69, 9.17) is 4.74 Å². The molecule has 20 heavy (non-hydrogen) atoms. The number of carbonyl (C=O) groups excluding carboxylic acids is 2. The SMILES string of the molecule is COc1ccc(CCCC2C(=O)N(C)C(=O)N2C)cc1. The molecule has 1 heterocycles. The van der Waals surface area contributed by atoms with Gasteiger partial charge in [0.25, 0.3) is 5.91 Å². The van der Waals surface area contributed by atoms with Crippen molar-refractivity contribution in [1.82, 2.24) is 9.80 Å². The molecule has 1 aromatic carbocycles. The monoisotopic (exact) mass is 276 g/mol. The third kappa shape index (κ3) is 2.76. The van der Waals surface area contributed by atoms with Gasteiger partial charge < -0.3 is 9.64 Å². The highest BCUT2D eigenvalue weighted by atomic mass is 16.5. The number of likely N-dealkylation sites (N-methyl/N-ethyl adjacent to an activating group) is 2. The summed E-state index contributed by atoms with van der Waals surface area (Å²) in [4.78, 5) is 26.3. The summed E-state index contributed by atoms with van der Waals surface area (Å²) in [6.45, 7) is 0. The fourth-order valence-electron chi connectivity index (χ4n) is 2.46. The van der Waals surface area contributed by atoms with Gasteiger partial charge in [-0.1, -0.05) is 12.1 Å². The molecule has 1 aliphatic heterocycles. The molecule has 0 N–H and O–H groups in total. The molecule has 1 aliphatic rings. The first kappa shape index (κ1) is 14.4. The lowest BCUT2D eigenvalue weighted by atomic mass is 10.0. The summed E-state index contributed by atoms with van der Waals surface area (Å²) in [5.41, 5.74) is 1.21. The van der Waals surface area contributed by atoms with E-state index in [0.29, 0.717) is 6.42 Å². The smallest absolute Gasteiger partial charge is 0.326 e. The second-order valence-corrected chi connectivity index (χ2v) is 5.05. The zero-order valence-electron chi connectivity index (χ0n) is 12.1. The van der Waals surface area contributed by atoms with Crippen LogP contribution in [0.2, 0.25) is 0 Å². The van der Waals surface area contributed by atoms with Gasteiger partial charge in [0.1, 0.15) is 11.8 Å². The van der Waals surface area contributed by atoms with Crippen molar-refractivity contribution in [2.24, 2.45) is 0 Å². The maximum absolute atomic E-state index is 11.9. The van der Waals surface area contributed by atoms with E-state index in [1.54, 1.807) is 14.2 Å². The van der Waals surface area contributed by atoms with Crippen LogP contribution in [0.25, 0.3) is 0 Å². The number of hydrogen-bond donors (Lipinski definition) is 0. The molecule has 5 nitrogen and oxygen atoms in total. The standard InChI is InChI=1S/C15H20N2O3/c1-16-13(14(18)17(2)15(16)19)6-4-5-11-7-9-12(20-3)10-8-11/h7-10,13H,4-6H2,1-3H3. The van der Waals surface area contributed by atoms with Gasteiger partial charge in [0.05, 0.1) is 7.11 Å². The van der Waals surface area contributed by atoms with Gasteiger partial charge in [-0.05, 0) is 37.0 Å². The first-order valence-electron chi connectivity index (χ1n) is 6.72. The predicted molar refractivity (Wildman–Crippen MR) is 75.6 cm³/mol. The van der Waals surface area contributed by atoms with Crippen molar-refractivity contribution in [3.05, 3.63) is 29.8 Å². The largest absolute Gasteiger partial charge is 0.497 e. The predicted octanol–water partition coefficient (Wildman–Crippen LogP) is 1.91. The van der Waals surface area contributed by atoms with Crippen molar-refractivity contribution in [3.8, 4) is 5.75 Å². The van der Waals surface area contributed by atoms with Crippen molar-refractivity contribution >= 4 is 11.9 Å². The zero-order valence-corrected chi connectivity index (χ0v) is 12.1. The molecule has 0 radical (unpaired) electrons. The maximum Gasteiger partial charge on any atom is 0.326 e. The molecule has 1 atom stereocenters. The number of amides is 3. The Hall–Kier alpha value is -2.04. The number of benzene rings is 1. The van der Waals surface area contributed by atoms with Crippen LogP contribution in [0.3, 0.4) is 0 Å². The lowest BCUT2D eigenvalue weighted by molar-refractivity contribution is -0.127. The zero-order chi connectivity index (χ0) is 14.7. The van der Waals surface area contributed by atoms with Crippen molar-refractivity contribution < 1.29 is 14.3 Å². The molecule has 108 valence electrons. The van der Waals surface area contributed by atoms with E-state index >= 15 is 0 Å². The summed E-state index contributed by atoms with van der Waals surface area (Å²) in [6.07, 6.45) is 2.45. The molecule has 0 aliphatic carbocycles. The van der Waals surface area contributed by atoms with E-state index in [1.807, 2.05) is 24.3 Å². The molecule has 5 heteroatoms. The molecule has 1 saturated heterocycles. The van der Waals surface area contributed by atoms with Crippen molar-refractivity contribution in [2.45, 2.75) is 25.3 Å². The van der Waals surface area contributed by atoms with E-state index < -0.39 is 0 Å². The average Bonchev–Trinajstić information content (AvgIpc) is 2.65. The van der Waals surface area contributed by atoms with Crippen molar-refractivity contribution in [3.63, 3.8) is 0 Å². The second kappa shape index (κ2) is 5.94. The molecule has 1 fully saturated rings. The van der Waals surface area contributed by atoms with E-state index in [9.17, 15) is 9.59 Å². The number of imide groups is 1. The molecule has 0 saturated carbocycles. The Bertz CT molecular complexity index is 498. The summed E-state index contributed by atoms with van der Waals surface area (Å²) >= 11 is 0. The maximum atomic E-state index is 11.9. The van der Waals surface area contributed by atoms with Crippen LogP contribution >= 0.6 is 0 Å². The molecule has 0 spiro atoms. The summed E-state index contributed by atoms with van der Waals surface area (Å²) in [5, 5.41) is 0. The fraction of sp³-hybridized carbons (Fsp3) is 0.467. The number of methoxy groups -OCH3 is 1. The Balaban J connectivity index is 1.86. The number of nitrogens with zero attached hydrogens (tertiary/aromatic N) is 2. The van der Waals surface area contributed by atoms with Gasteiger partial charge in [0.15, 0.2) is 0 Å². The Morgan fingerprint density at radius 3 is 2.30 bits per heavy atom. The van der Waals surface area contributed by atoms with Gasteiger partial charge in [0, 0.05) is 14.1 Å². The van der Waals surface area contributed by atoms with Gasteiger partial charge >= 0.3 is 6.03 Å². The second-order valence-electron chi connectivity index (χ2n) is 5.05. The highest BCUT2D eigenvalue weighted by Gasteiger charge is 2.39. The van der Waals surface area contributed by atoms with E-state index in [0.717, 1.165) is 18.6 Å². The average molecular weight is 276 g/mol. The number of rotatable bonds is 5. The van der Waals surface area contributed by atoms with Crippen LogP contribution in [0, 0.1) is 0 Å². The third-order valence-electron chi connectivity index (χ3n) is 3.77. The molecule has 2 rings (SSSR count). The molecule has 0 bridgehead atoms. The summed E-state index contributed by atoms with van der Waals surface area (Å²) in [7, 11) is 4.86. The lowest BCUT2D eigenvalue weighted by Gasteiger charge is -2.15. The number of aryl methyl sites for hydroxylation is 1. The number of carbonyl (C=O) groups is 2. The summed E-state index contributed by atoms with van der Waals surface area (Å²) < 4.78 is 5.11. The number of hydrogen-bond acceptors (Lipinski definition) is 3. The van der Waals surface area contributed by atoms with Crippen LogP contribution in [0.15, 0.2) is 24.3 Å². The molecule has 0 aromatic heterocycles. The first-order chi connectivity index (χ1) is 9.54. The lowest BCUT2D eigenvalue weighted by Crippen LogP contribution is -2.31. The fourth-order valence-corrected chi connectivity index (χ4v) is 2.46. The van der Waals surface area contributed by atoms with E-state index in [1.165, 1.54) is 22.4 Å². The van der Waals surface area contributed by atoms with Crippen LogP contribution in [-0.2, 0) is 11.2 Å². The molecular weight excluding hydrogens is 256 g/mol. The molecule has 1 aromatic rings. The van der Waals surface area contributed by atoms with E-state index in [-0.39, 0.29) is 18.0 Å². The summed E-state index contributed by atoms with van der Waals surface area (Å²) in [6, 6.07) is 7.38. The quantitative estimate of drug-likeness (QED) is 0.772. The van der Waals surface area contributed by atoms with Gasteiger partial charge in [-0.15, -0.1) is 0 Å². The van der Waals surface area contributed by atoms with Gasteiger partial charge in [0.2, 0.25) is 0 Å². The summed E-state index contributed by atoms with van der Waals surface area (Å²) in [5.74, 6) is 0.735. The Morgan fingerprint density at radius 2 is 1.80 bits per heavy atom. The highest BCUT2D eigenvalue weighted by Crippen LogP contribution is 2.20.